The lowest BCUT2D eigenvalue weighted by atomic mass is 10.2. The van der Waals surface area contributed by atoms with Crippen LogP contribution in [0.15, 0.2) is 12.1 Å². The summed E-state index contributed by atoms with van der Waals surface area (Å²) in [6.07, 6.45) is 0. The van der Waals surface area contributed by atoms with Crippen LogP contribution in [-0.4, -0.2) is 20.6 Å². The number of rotatable bonds is 3. The molecule has 0 aromatic heterocycles. The van der Waals surface area contributed by atoms with Gasteiger partial charge in [-0.05, 0) is 6.07 Å². The molecule has 0 aliphatic carbocycles. The highest BCUT2D eigenvalue weighted by Crippen LogP contribution is 2.27. The molecule has 0 fully saturated rings. The van der Waals surface area contributed by atoms with Crippen molar-refractivity contribution in [3.63, 3.8) is 0 Å². The molecule has 0 bridgehead atoms. The molecule has 0 aliphatic heterocycles. The van der Waals surface area contributed by atoms with Crippen LogP contribution >= 0.6 is 10.7 Å². The Morgan fingerprint density at radius 3 is 2.60 bits per heavy atom. The van der Waals surface area contributed by atoms with Gasteiger partial charge >= 0.3 is 0 Å². The number of aromatic hydroxyl groups is 1. The van der Waals surface area contributed by atoms with Crippen molar-refractivity contribution in [2.24, 2.45) is 0 Å². The standard InChI is InChI=1S/C8H8ClFO4S/c1-14-6-2-5(4-15(9,12)13)8(10)7(11)3-6/h2-3,11H,4H2,1H3. The quantitative estimate of drug-likeness (QED) is 0.833. The maximum atomic E-state index is 13.2. The van der Waals surface area contributed by atoms with Crippen LogP contribution in [0.2, 0.25) is 0 Å². The highest BCUT2D eigenvalue weighted by Gasteiger charge is 2.16. The SMILES string of the molecule is COc1cc(O)c(F)c(CS(=O)(=O)Cl)c1. The average molecular weight is 255 g/mol. The van der Waals surface area contributed by atoms with Crippen LogP contribution < -0.4 is 4.74 Å². The van der Waals surface area contributed by atoms with Crippen LogP contribution in [0.3, 0.4) is 0 Å². The molecular weight excluding hydrogens is 247 g/mol. The zero-order valence-electron chi connectivity index (χ0n) is 7.70. The number of methoxy groups -OCH3 is 1. The first-order chi connectivity index (χ1) is 6.83. The lowest BCUT2D eigenvalue weighted by Crippen LogP contribution is -1.99. The Morgan fingerprint density at radius 2 is 2.13 bits per heavy atom. The minimum atomic E-state index is -3.88. The van der Waals surface area contributed by atoms with Crippen molar-refractivity contribution in [1.29, 1.82) is 0 Å². The first-order valence-corrected chi connectivity index (χ1v) is 6.29. The van der Waals surface area contributed by atoms with Crippen LogP contribution in [0, 0.1) is 5.82 Å². The third-order valence-electron chi connectivity index (χ3n) is 1.67. The Kier molecular flexibility index (Phi) is 3.41. The zero-order chi connectivity index (χ0) is 11.6. The number of hydrogen-bond donors (Lipinski definition) is 1. The molecule has 0 unspecified atom stereocenters. The normalized spacial score (nSPS) is 11.4. The number of hydrogen-bond acceptors (Lipinski definition) is 4. The summed E-state index contributed by atoms with van der Waals surface area (Å²) in [6, 6.07) is 2.20. The highest BCUT2D eigenvalue weighted by molar-refractivity contribution is 8.13. The Labute approximate surface area is 90.7 Å². The van der Waals surface area contributed by atoms with E-state index in [2.05, 4.69) is 0 Å². The monoisotopic (exact) mass is 254 g/mol. The van der Waals surface area contributed by atoms with Crippen LogP contribution in [0.25, 0.3) is 0 Å². The van der Waals surface area contributed by atoms with Crippen molar-refractivity contribution in [3.8, 4) is 11.5 Å². The number of phenols is 1. The van der Waals surface area contributed by atoms with Gasteiger partial charge in [0, 0.05) is 22.3 Å². The maximum absolute atomic E-state index is 13.2. The van der Waals surface area contributed by atoms with Gasteiger partial charge in [0.1, 0.15) is 5.75 Å². The smallest absolute Gasteiger partial charge is 0.236 e. The van der Waals surface area contributed by atoms with E-state index in [1.807, 2.05) is 0 Å². The van der Waals surface area contributed by atoms with Crippen molar-refractivity contribution >= 4 is 19.7 Å². The third kappa shape index (κ3) is 3.24. The summed E-state index contributed by atoms with van der Waals surface area (Å²) in [6.45, 7) is 0. The van der Waals surface area contributed by atoms with E-state index in [1.165, 1.54) is 7.11 Å². The molecule has 0 saturated carbocycles. The predicted molar refractivity (Wildman–Crippen MR) is 53.1 cm³/mol. The van der Waals surface area contributed by atoms with Gasteiger partial charge in [0.2, 0.25) is 9.05 Å². The van der Waals surface area contributed by atoms with E-state index in [4.69, 9.17) is 20.5 Å². The Hall–Kier alpha value is -1.01. The van der Waals surface area contributed by atoms with E-state index in [0.717, 1.165) is 12.1 Å². The van der Waals surface area contributed by atoms with Gasteiger partial charge in [-0.25, -0.2) is 12.8 Å². The van der Waals surface area contributed by atoms with E-state index in [-0.39, 0.29) is 11.3 Å². The summed E-state index contributed by atoms with van der Waals surface area (Å²) in [7, 11) is 2.41. The number of phenolic OH excluding ortho intramolecular Hbond substituents is 1. The molecule has 1 rings (SSSR count). The van der Waals surface area contributed by atoms with Crippen molar-refractivity contribution < 1.29 is 22.7 Å². The Bertz CT molecular complexity index is 472. The molecule has 0 heterocycles. The molecule has 15 heavy (non-hydrogen) atoms. The third-order valence-corrected chi connectivity index (χ3v) is 2.65. The van der Waals surface area contributed by atoms with E-state index in [1.54, 1.807) is 0 Å². The number of halogens is 2. The van der Waals surface area contributed by atoms with E-state index >= 15 is 0 Å². The Balaban J connectivity index is 3.22. The molecular formula is C8H8ClFO4S. The van der Waals surface area contributed by atoms with Crippen LogP contribution in [-0.2, 0) is 14.8 Å². The largest absolute Gasteiger partial charge is 0.505 e. The lowest BCUT2D eigenvalue weighted by molar-refractivity contribution is 0.395. The molecule has 0 amide bonds. The summed E-state index contributed by atoms with van der Waals surface area (Å²) < 4.78 is 39.4. The zero-order valence-corrected chi connectivity index (χ0v) is 9.27. The Morgan fingerprint density at radius 1 is 1.53 bits per heavy atom. The fraction of sp³-hybridized carbons (Fsp3) is 0.250. The molecule has 0 aliphatic rings. The molecule has 4 nitrogen and oxygen atoms in total. The first-order valence-electron chi connectivity index (χ1n) is 3.81. The molecule has 0 radical (unpaired) electrons. The second-order valence-corrected chi connectivity index (χ2v) is 5.58. The second-order valence-electron chi connectivity index (χ2n) is 2.80. The van der Waals surface area contributed by atoms with Crippen LogP contribution in [0.5, 0.6) is 11.5 Å². The molecule has 0 atom stereocenters. The second kappa shape index (κ2) is 4.24. The van der Waals surface area contributed by atoms with E-state index in [0.29, 0.717) is 0 Å². The highest BCUT2D eigenvalue weighted by atomic mass is 35.7. The summed E-state index contributed by atoms with van der Waals surface area (Å²) in [5, 5.41) is 9.12. The van der Waals surface area contributed by atoms with Crippen molar-refractivity contribution in [2.75, 3.05) is 7.11 Å². The molecule has 1 aromatic rings. The van der Waals surface area contributed by atoms with Crippen LogP contribution in [0.4, 0.5) is 4.39 Å². The summed E-state index contributed by atoms with van der Waals surface area (Å²) in [4.78, 5) is 0. The summed E-state index contributed by atoms with van der Waals surface area (Å²) in [5.41, 5.74) is -0.234. The average Bonchev–Trinajstić information content (AvgIpc) is 2.10. The van der Waals surface area contributed by atoms with Gasteiger partial charge in [0.15, 0.2) is 11.6 Å². The lowest BCUT2D eigenvalue weighted by Gasteiger charge is -2.06. The van der Waals surface area contributed by atoms with Gasteiger partial charge < -0.3 is 9.84 Å². The van der Waals surface area contributed by atoms with Gasteiger partial charge in [-0.15, -0.1) is 0 Å². The first kappa shape index (κ1) is 12.1. The molecule has 1 N–H and O–H groups in total. The van der Waals surface area contributed by atoms with Crippen molar-refractivity contribution in [1.82, 2.24) is 0 Å². The van der Waals surface area contributed by atoms with E-state index < -0.39 is 26.4 Å². The molecule has 0 saturated heterocycles. The van der Waals surface area contributed by atoms with Gasteiger partial charge in [-0.3, -0.25) is 0 Å². The summed E-state index contributed by atoms with van der Waals surface area (Å²) in [5.74, 6) is -2.24. The van der Waals surface area contributed by atoms with Gasteiger partial charge in [-0.1, -0.05) is 0 Å². The minimum Gasteiger partial charge on any atom is -0.505 e. The van der Waals surface area contributed by atoms with Gasteiger partial charge in [0.05, 0.1) is 12.9 Å². The molecule has 1 aromatic carbocycles. The fourth-order valence-corrected chi connectivity index (χ4v) is 1.98. The fourth-order valence-electron chi connectivity index (χ4n) is 1.05. The van der Waals surface area contributed by atoms with E-state index in [9.17, 15) is 12.8 Å². The van der Waals surface area contributed by atoms with Crippen molar-refractivity contribution in [2.45, 2.75) is 5.75 Å². The maximum Gasteiger partial charge on any atom is 0.236 e. The molecule has 7 heteroatoms. The molecule has 84 valence electrons. The predicted octanol–water partition coefficient (Wildman–Crippen LogP) is 1.61. The molecule has 0 spiro atoms. The van der Waals surface area contributed by atoms with Crippen molar-refractivity contribution in [3.05, 3.63) is 23.5 Å². The van der Waals surface area contributed by atoms with Gasteiger partial charge in [-0.2, -0.15) is 0 Å². The minimum absolute atomic E-state index is 0.157. The number of ether oxygens (including phenoxy) is 1. The topological polar surface area (TPSA) is 63.6 Å². The summed E-state index contributed by atoms with van der Waals surface area (Å²) >= 11 is 0. The van der Waals surface area contributed by atoms with Gasteiger partial charge in [0.25, 0.3) is 0 Å². The van der Waals surface area contributed by atoms with Crippen LogP contribution in [0.1, 0.15) is 5.56 Å². The number of benzene rings is 1.